The Hall–Kier alpha value is -1.24. The molecule has 3 rings (SSSR count). The van der Waals surface area contributed by atoms with Crippen molar-refractivity contribution in [1.29, 1.82) is 0 Å². The van der Waals surface area contributed by atoms with E-state index in [-0.39, 0.29) is 5.54 Å². The van der Waals surface area contributed by atoms with Gasteiger partial charge in [0.25, 0.3) is 0 Å². The molecule has 0 atom stereocenters. The summed E-state index contributed by atoms with van der Waals surface area (Å²) in [6.45, 7) is 8.47. The number of nitrogens with two attached hydrogens (primary N) is 1. The second-order valence-corrected chi connectivity index (χ2v) is 7.00. The van der Waals surface area contributed by atoms with E-state index in [2.05, 4.69) is 40.7 Å². The van der Waals surface area contributed by atoms with Crippen LogP contribution in [0.25, 0.3) is 10.2 Å². The highest BCUT2D eigenvalue weighted by atomic mass is 32.1. The van der Waals surface area contributed by atoms with Gasteiger partial charge in [0.15, 0.2) is 0 Å². The number of rotatable bonds is 2. The average Bonchev–Trinajstić information content (AvgIpc) is 2.82. The highest BCUT2D eigenvalue weighted by Crippen LogP contribution is 2.24. The van der Waals surface area contributed by atoms with Gasteiger partial charge < -0.3 is 5.73 Å². The Labute approximate surface area is 123 Å². The van der Waals surface area contributed by atoms with E-state index in [0.29, 0.717) is 5.82 Å². The molecule has 1 aliphatic heterocycles. The van der Waals surface area contributed by atoms with E-state index in [4.69, 9.17) is 5.73 Å². The van der Waals surface area contributed by atoms with Crippen LogP contribution in [0.15, 0.2) is 11.4 Å². The summed E-state index contributed by atoms with van der Waals surface area (Å²) in [6, 6.07) is 1.98. The Balaban J connectivity index is 1.79. The average molecular weight is 291 g/mol. The van der Waals surface area contributed by atoms with E-state index in [9.17, 15) is 0 Å². The van der Waals surface area contributed by atoms with Crippen molar-refractivity contribution in [2.45, 2.75) is 25.9 Å². The van der Waals surface area contributed by atoms with Crippen LogP contribution in [0, 0.1) is 0 Å². The van der Waals surface area contributed by atoms with Gasteiger partial charge in [0.1, 0.15) is 16.5 Å². The Morgan fingerprint density at radius 3 is 2.90 bits per heavy atom. The van der Waals surface area contributed by atoms with E-state index in [1.165, 1.54) is 0 Å². The normalized spacial score (nSPS) is 20.6. The first-order chi connectivity index (χ1) is 9.45. The van der Waals surface area contributed by atoms with Crippen LogP contribution in [0.3, 0.4) is 0 Å². The number of piperazine rings is 1. The second kappa shape index (κ2) is 4.95. The predicted molar refractivity (Wildman–Crippen MR) is 83.8 cm³/mol. The summed E-state index contributed by atoms with van der Waals surface area (Å²) < 4.78 is 0. The molecular weight excluding hydrogens is 270 g/mol. The number of thiophene rings is 1. The number of nitrogens with zero attached hydrogens (tertiary/aromatic N) is 4. The summed E-state index contributed by atoms with van der Waals surface area (Å²) >= 11 is 1.62. The van der Waals surface area contributed by atoms with Crippen molar-refractivity contribution < 1.29 is 0 Å². The van der Waals surface area contributed by atoms with Crippen molar-refractivity contribution in [3.05, 3.63) is 17.3 Å². The molecule has 6 heteroatoms. The van der Waals surface area contributed by atoms with Crippen LogP contribution >= 0.6 is 11.3 Å². The molecule has 2 N–H and O–H groups in total. The van der Waals surface area contributed by atoms with Gasteiger partial charge in [0.05, 0.1) is 11.9 Å². The van der Waals surface area contributed by atoms with Gasteiger partial charge in [0.2, 0.25) is 0 Å². The molecule has 2 aromatic heterocycles. The second-order valence-electron chi connectivity index (χ2n) is 6.11. The number of aromatic nitrogens is 2. The Morgan fingerprint density at radius 1 is 1.35 bits per heavy atom. The van der Waals surface area contributed by atoms with Crippen LogP contribution in [-0.4, -0.2) is 52.0 Å². The van der Waals surface area contributed by atoms with Crippen molar-refractivity contribution in [2.75, 3.05) is 32.4 Å². The predicted octanol–water partition coefficient (Wildman–Crippen LogP) is 1.80. The molecule has 0 unspecified atom stereocenters. The highest BCUT2D eigenvalue weighted by Gasteiger charge is 2.31. The number of hydrogen-bond donors (Lipinski definition) is 1. The first kappa shape index (κ1) is 13.7. The molecule has 1 saturated heterocycles. The van der Waals surface area contributed by atoms with Crippen LogP contribution in [0.5, 0.6) is 0 Å². The maximum atomic E-state index is 6.01. The minimum Gasteiger partial charge on any atom is -0.383 e. The van der Waals surface area contributed by atoms with Crippen molar-refractivity contribution in [2.24, 2.45) is 0 Å². The molecule has 108 valence electrons. The molecule has 2 aromatic rings. The third-order valence-electron chi connectivity index (χ3n) is 4.16. The van der Waals surface area contributed by atoms with Gasteiger partial charge in [-0.1, -0.05) is 0 Å². The molecule has 0 radical (unpaired) electrons. The van der Waals surface area contributed by atoms with Gasteiger partial charge in [-0.2, -0.15) is 0 Å². The monoisotopic (exact) mass is 291 g/mol. The smallest absolute Gasteiger partial charge is 0.146 e. The molecule has 1 aliphatic rings. The van der Waals surface area contributed by atoms with Gasteiger partial charge in [0, 0.05) is 25.2 Å². The summed E-state index contributed by atoms with van der Waals surface area (Å²) in [4.78, 5) is 14.9. The van der Waals surface area contributed by atoms with Gasteiger partial charge in [-0.3, -0.25) is 9.80 Å². The molecule has 0 spiro atoms. The zero-order valence-electron chi connectivity index (χ0n) is 12.3. The van der Waals surface area contributed by atoms with Crippen molar-refractivity contribution in [1.82, 2.24) is 19.8 Å². The molecule has 1 fully saturated rings. The van der Waals surface area contributed by atoms with Gasteiger partial charge >= 0.3 is 0 Å². The lowest BCUT2D eigenvalue weighted by atomic mass is 10.00. The van der Waals surface area contributed by atoms with Crippen molar-refractivity contribution in [3.8, 4) is 0 Å². The van der Waals surface area contributed by atoms with Crippen LogP contribution in [-0.2, 0) is 6.54 Å². The van der Waals surface area contributed by atoms with Crippen LogP contribution in [0.2, 0.25) is 0 Å². The third-order valence-corrected chi connectivity index (χ3v) is 4.97. The van der Waals surface area contributed by atoms with Crippen molar-refractivity contribution >= 4 is 27.4 Å². The molecule has 0 amide bonds. The minimum atomic E-state index is 0.191. The molecular formula is C14H21N5S. The van der Waals surface area contributed by atoms with Crippen LogP contribution < -0.4 is 5.73 Å². The first-order valence-corrected chi connectivity index (χ1v) is 7.77. The largest absolute Gasteiger partial charge is 0.383 e. The quantitative estimate of drug-likeness (QED) is 0.914. The zero-order valence-corrected chi connectivity index (χ0v) is 13.1. The molecule has 0 aliphatic carbocycles. The SMILES string of the molecule is CN1CCN(Cc2nc(N)c3ccsc3n2)CC1(C)C. The molecule has 0 aromatic carbocycles. The number of nitrogen functional groups attached to an aromatic ring is 1. The number of likely N-dealkylation sites (N-methyl/N-ethyl adjacent to an activating group) is 1. The van der Waals surface area contributed by atoms with E-state index in [1.807, 2.05) is 11.4 Å². The third kappa shape index (κ3) is 2.51. The fourth-order valence-electron chi connectivity index (χ4n) is 2.67. The summed E-state index contributed by atoms with van der Waals surface area (Å²) in [5.74, 6) is 1.43. The van der Waals surface area contributed by atoms with E-state index in [0.717, 1.165) is 42.2 Å². The fourth-order valence-corrected chi connectivity index (χ4v) is 3.46. The maximum absolute atomic E-state index is 6.01. The van der Waals surface area contributed by atoms with E-state index < -0.39 is 0 Å². The lowest BCUT2D eigenvalue weighted by Gasteiger charge is -2.45. The molecule has 0 bridgehead atoms. The summed E-state index contributed by atoms with van der Waals surface area (Å²) in [5.41, 5.74) is 6.20. The molecule has 20 heavy (non-hydrogen) atoms. The van der Waals surface area contributed by atoms with Gasteiger partial charge in [-0.05, 0) is 32.3 Å². The molecule has 5 nitrogen and oxygen atoms in total. The summed E-state index contributed by atoms with van der Waals surface area (Å²) in [5, 5.41) is 2.98. The lowest BCUT2D eigenvalue weighted by molar-refractivity contribution is 0.0348. The zero-order chi connectivity index (χ0) is 14.3. The summed E-state index contributed by atoms with van der Waals surface area (Å²) in [6.07, 6.45) is 0. The number of fused-ring (bicyclic) bond motifs is 1. The van der Waals surface area contributed by atoms with E-state index in [1.54, 1.807) is 11.3 Å². The number of hydrogen-bond acceptors (Lipinski definition) is 6. The number of anilines is 1. The Kier molecular flexibility index (Phi) is 3.40. The van der Waals surface area contributed by atoms with Crippen LogP contribution in [0.1, 0.15) is 19.7 Å². The first-order valence-electron chi connectivity index (χ1n) is 6.89. The molecule has 0 saturated carbocycles. The Bertz CT molecular complexity index is 621. The summed E-state index contributed by atoms with van der Waals surface area (Å²) in [7, 11) is 2.18. The van der Waals surface area contributed by atoms with Crippen LogP contribution in [0.4, 0.5) is 5.82 Å². The maximum Gasteiger partial charge on any atom is 0.146 e. The minimum absolute atomic E-state index is 0.191. The Morgan fingerprint density at radius 2 is 2.15 bits per heavy atom. The van der Waals surface area contributed by atoms with E-state index >= 15 is 0 Å². The topological polar surface area (TPSA) is 58.3 Å². The fraction of sp³-hybridized carbons (Fsp3) is 0.571. The van der Waals surface area contributed by atoms with Crippen molar-refractivity contribution in [3.63, 3.8) is 0 Å². The highest BCUT2D eigenvalue weighted by molar-refractivity contribution is 7.16. The molecule has 3 heterocycles. The van der Waals surface area contributed by atoms with Gasteiger partial charge in [-0.25, -0.2) is 9.97 Å². The van der Waals surface area contributed by atoms with Gasteiger partial charge in [-0.15, -0.1) is 11.3 Å². The lowest BCUT2D eigenvalue weighted by Crippen LogP contribution is -2.57. The standard InChI is InChI=1S/C14H21N5S/c1-14(2)9-19(6-5-18(14)3)8-11-16-12(15)10-4-7-20-13(10)17-11/h4,7H,5-6,8-9H2,1-3H3,(H2,15,16,17).